The highest BCUT2D eigenvalue weighted by atomic mass is 16.5. The normalized spacial score (nSPS) is 13.9. The van der Waals surface area contributed by atoms with E-state index >= 15 is 0 Å². The number of nitrogens with one attached hydrogen (secondary N) is 1. The van der Waals surface area contributed by atoms with E-state index in [1.54, 1.807) is 19.1 Å². The Bertz CT molecular complexity index is 930. The molecule has 0 radical (unpaired) electrons. The second-order valence-corrected chi connectivity index (χ2v) is 7.00. The number of rotatable bonds is 7. The molecule has 8 heteroatoms. The SMILES string of the molecule is CCOC(=O)c1nn(-c2ccc(C)cc2)c(=O)cc1OCC(=O)NC1CCCC1. The number of carbonyl (C=O) groups is 2. The van der Waals surface area contributed by atoms with Crippen LogP contribution in [0.3, 0.4) is 0 Å². The summed E-state index contributed by atoms with van der Waals surface area (Å²) in [5.41, 5.74) is 0.908. The second-order valence-electron chi connectivity index (χ2n) is 7.00. The average molecular weight is 399 g/mol. The fourth-order valence-corrected chi connectivity index (χ4v) is 3.24. The first kappa shape index (κ1) is 20.6. The molecule has 0 bridgehead atoms. The molecule has 1 fully saturated rings. The van der Waals surface area contributed by atoms with Crippen LogP contribution in [0, 0.1) is 6.92 Å². The van der Waals surface area contributed by atoms with E-state index in [2.05, 4.69) is 10.4 Å². The van der Waals surface area contributed by atoms with E-state index in [9.17, 15) is 14.4 Å². The van der Waals surface area contributed by atoms with Crippen LogP contribution in [0.4, 0.5) is 0 Å². The van der Waals surface area contributed by atoms with E-state index in [0.717, 1.165) is 42.0 Å². The average Bonchev–Trinajstić information content (AvgIpc) is 3.20. The standard InChI is InChI=1S/C21H25N3O5/c1-3-28-21(27)20-17(29-13-18(25)22-15-6-4-5-7-15)12-19(26)24(23-20)16-10-8-14(2)9-11-16/h8-12,15H,3-7,13H2,1-2H3,(H,22,25). The molecular weight excluding hydrogens is 374 g/mol. The Kier molecular flexibility index (Phi) is 6.64. The number of aromatic nitrogens is 2. The molecule has 0 unspecified atom stereocenters. The fraction of sp³-hybridized carbons (Fsp3) is 0.429. The zero-order valence-electron chi connectivity index (χ0n) is 16.6. The quantitative estimate of drug-likeness (QED) is 0.716. The third kappa shape index (κ3) is 5.22. The molecule has 0 atom stereocenters. The van der Waals surface area contributed by atoms with Crippen LogP contribution >= 0.6 is 0 Å². The molecule has 1 aromatic carbocycles. The highest BCUT2D eigenvalue weighted by molar-refractivity contribution is 5.90. The van der Waals surface area contributed by atoms with Gasteiger partial charge in [-0.05, 0) is 38.8 Å². The summed E-state index contributed by atoms with van der Waals surface area (Å²) in [4.78, 5) is 37.0. The number of esters is 1. The lowest BCUT2D eigenvalue weighted by Gasteiger charge is -2.14. The lowest BCUT2D eigenvalue weighted by Crippen LogP contribution is -2.36. The molecule has 0 saturated heterocycles. The number of hydrogen-bond donors (Lipinski definition) is 1. The predicted octanol–water partition coefficient (Wildman–Crippen LogP) is 2.16. The van der Waals surface area contributed by atoms with Gasteiger partial charge < -0.3 is 14.8 Å². The molecular formula is C21H25N3O5. The Balaban J connectivity index is 1.83. The van der Waals surface area contributed by atoms with E-state index in [1.807, 2.05) is 19.1 Å². The van der Waals surface area contributed by atoms with Gasteiger partial charge >= 0.3 is 5.97 Å². The maximum Gasteiger partial charge on any atom is 0.362 e. The smallest absolute Gasteiger partial charge is 0.362 e. The third-order valence-electron chi connectivity index (χ3n) is 4.72. The van der Waals surface area contributed by atoms with Gasteiger partial charge in [0.15, 0.2) is 12.4 Å². The second kappa shape index (κ2) is 9.36. The van der Waals surface area contributed by atoms with Gasteiger partial charge in [-0.1, -0.05) is 30.5 Å². The van der Waals surface area contributed by atoms with E-state index in [1.165, 1.54) is 0 Å². The predicted molar refractivity (Wildman–Crippen MR) is 106 cm³/mol. The lowest BCUT2D eigenvalue weighted by atomic mass is 10.2. The van der Waals surface area contributed by atoms with Crippen molar-refractivity contribution in [3.63, 3.8) is 0 Å². The summed E-state index contributed by atoms with van der Waals surface area (Å²) in [5.74, 6) is -1.09. The molecule has 1 aromatic heterocycles. The number of amides is 1. The van der Waals surface area contributed by atoms with Gasteiger partial charge in [-0.15, -0.1) is 0 Å². The molecule has 0 aliphatic heterocycles. The molecule has 154 valence electrons. The number of ether oxygens (including phenoxy) is 2. The van der Waals surface area contributed by atoms with Gasteiger partial charge in [0.2, 0.25) is 5.69 Å². The van der Waals surface area contributed by atoms with Crippen LogP contribution in [0.15, 0.2) is 35.1 Å². The minimum Gasteiger partial charge on any atom is -0.481 e. The monoisotopic (exact) mass is 399 g/mol. The first-order valence-electron chi connectivity index (χ1n) is 9.78. The Labute approximate surface area is 168 Å². The van der Waals surface area contributed by atoms with Crippen LogP contribution in [0.25, 0.3) is 5.69 Å². The zero-order chi connectivity index (χ0) is 20.8. The summed E-state index contributed by atoms with van der Waals surface area (Å²) < 4.78 is 11.6. The van der Waals surface area contributed by atoms with Gasteiger partial charge in [0, 0.05) is 6.04 Å². The van der Waals surface area contributed by atoms with Crippen molar-refractivity contribution in [3.05, 3.63) is 51.9 Å². The van der Waals surface area contributed by atoms with E-state index < -0.39 is 11.5 Å². The Hall–Kier alpha value is -3.16. The maximum absolute atomic E-state index is 12.5. The minimum atomic E-state index is -0.723. The molecule has 0 spiro atoms. The van der Waals surface area contributed by atoms with E-state index in [4.69, 9.17) is 9.47 Å². The van der Waals surface area contributed by atoms with Crippen molar-refractivity contribution in [3.8, 4) is 11.4 Å². The Morgan fingerprint density at radius 3 is 2.55 bits per heavy atom. The Morgan fingerprint density at radius 2 is 1.90 bits per heavy atom. The van der Waals surface area contributed by atoms with Crippen molar-refractivity contribution >= 4 is 11.9 Å². The molecule has 1 aliphatic rings. The number of carbonyl (C=O) groups excluding carboxylic acids is 2. The van der Waals surface area contributed by atoms with Crippen LogP contribution in [0.1, 0.15) is 48.7 Å². The first-order valence-corrected chi connectivity index (χ1v) is 9.78. The van der Waals surface area contributed by atoms with Crippen LogP contribution in [0.2, 0.25) is 0 Å². The maximum atomic E-state index is 12.5. The fourth-order valence-electron chi connectivity index (χ4n) is 3.24. The number of nitrogens with zero attached hydrogens (tertiary/aromatic N) is 2. The summed E-state index contributed by atoms with van der Waals surface area (Å²) >= 11 is 0. The van der Waals surface area contributed by atoms with Gasteiger partial charge in [0.25, 0.3) is 11.5 Å². The van der Waals surface area contributed by atoms with Crippen molar-refractivity contribution in [1.29, 1.82) is 0 Å². The molecule has 2 aromatic rings. The highest BCUT2D eigenvalue weighted by Gasteiger charge is 2.22. The summed E-state index contributed by atoms with van der Waals surface area (Å²) in [5, 5.41) is 7.04. The summed E-state index contributed by atoms with van der Waals surface area (Å²) in [7, 11) is 0. The van der Waals surface area contributed by atoms with E-state index in [0.29, 0.717) is 5.69 Å². The van der Waals surface area contributed by atoms with Crippen LogP contribution in [-0.2, 0) is 9.53 Å². The number of aryl methyl sites for hydroxylation is 1. The number of benzene rings is 1. The van der Waals surface area contributed by atoms with Crippen molar-refractivity contribution in [1.82, 2.24) is 15.1 Å². The largest absolute Gasteiger partial charge is 0.481 e. The zero-order valence-corrected chi connectivity index (χ0v) is 16.6. The van der Waals surface area contributed by atoms with Crippen LogP contribution < -0.4 is 15.6 Å². The molecule has 1 aliphatic carbocycles. The molecule has 3 rings (SSSR count). The van der Waals surface area contributed by atoms with Gasteiger partial charge in [0.05, 0.1) is 18.4 Å². The molecule has 1 heterocycles. The molecule has 8 nitrogen and oxygen atoms in total. The molecule has 1 saturated carbocycles. The minimum absolute atomic E-state index is 0.0709. The van der Waals surface area contributed by atoms with Crippen molar-refractivity contribution in [2.24, 2.45) is 0 Å². The van der Waals surface area contributed by atoms with Crippen LogP contribution in [0.5, 0.6) is 5.75 Å². The summed E-state index contributed by atoms with van der Waals surface area (Å²) in [6.07, 6.45) is 4.10. The Morgan fingerprint density at radius 1 is 1.21 bits per heavy atom. The van der Waals surface area contributed by atoms with Crippen molar-refractivity contribution in [2.45, 2.75) is 45.6 Å². The topological polar surface area (TPSA) is 99.5 Å². The van der Waals surface area contributed by atoms with E-state index in [-0.39, 0.29) is 36.6 Å². The highest BCUT2D eigenvalue weighted by Crippen LogP contribution is 2.18. The molecule has 29 heavy (non-hydrogen) atoms. The summed E-state index contributed by atoms with van der Waals surface area (Å²) in [6, 6.07) is 8.45. The third-order valence-corrected chi connectivity index (χ3v) is 4.72. The van der Waals surface area contributed by atoms with Crippen LogP contribution in [-0.4, -0.2) is 40.9 Å². The van der Waals surface area contributed by atoms with Gasteiger partial charge in [-0.2, -0.15) is 9.78 Å². The first-order chi connectivity index (χ1) is 14.0. The number of hydrogen-bond acceptors (Lipinski definition) is 6. The lowest BCUT2D eigenvalue weighted by molar-refractivity contribution is -0.123. The molecule has 1 N–H and O–H groups in total. The summed E-state index contributed by atoms with van der Waals surface area (Å²) in [6.45, 7) is 3.44. The molecule has 1 amide bonds. The van der Waals surface area contributed by atoms with Gasteiger partial charge in [0.1, 0.15) is 0 Å². The van der Waals surface area contributed by atoms with Crippen molar-refractivity contribution < 1.29 is 19.1 Å². The van der Waals surface area contributed by atoms with Crippen molar-refractivity contribution in [2.75, 3.05) is 13.2 Å². The van der Waals surface area contributed by atoms with Gasteiger partial charge in [-0.25, -0.2) is 4.79 Å². The van der Waals surface area contributed by atoms with Gasteiger partial charge in [-0.3, -0.25) is 9.59 Å².